The van der Waals surface area contributed by atoms with Gasteiger partial charge in [-0.05, 0) is 47.9 Å². The van der Waals surface area contributed by atoms with Gasteiger partial charge < -0.3 is 14.6 Å². The highest BCUT2D eigenvalue weighted by Gasteiger charge is 2.17. The smallest absolute Gasteiger partial charge is 0.414 e. The molecule has 3 rings (SSSR count). The van der Waals surface area contributed by atoms with E-state index < -0.39 is 18.7 Å². The van der Waals surface area contributed by atoms with Crippen LogP contribution in [0.25, 0.3) is 6.08 Å². The number of rotatable bonds is 9. The van der Waals surface area contributed by atoms with Crippen LogP contribution in [-0.2, 0) is 16.1 Å². The molecule has 0 atom stereocenters. The number of para-hydroxylation sites is 1. The fourth-order valence-electron chi connectivity index (χ4n) is 3.12. The van der Waals surface area contributed by atoms with E-state index in [1.807, 2.05) is 79.7 Å². The zero-order valence-corrected chi connectivity index (χ0v) is 17.8. The van der Waals surface area contributed by atoms with E-state index in [4.69, 9.17) is 14.6 Å². The normalized spacial score (nSPS) is 10.7. The van der Waals surface area contributed by atoms with Crippen LogP contribution < -0.4 is 9.64 Å². The van der Waals surface area contributed by atoms with Crippen molar-refractivity contribution in [2.45, 2.75) is 13.5 Å². The van der Waals surface area contributed by atoms with E-state index in [9.17, 15) is 9.59 Å². The lowest BCUT2D eigenvalue weighted by atomic mass is 10.1. The second kappa shape index (κ2) is 11.4. The molecule has 0 bridgehead atoms. The minimum Gasteiger partial charge on any atom is -0.482 e. The third kappa shape index (κ3) is 6.47. The Labute approximate surface area is 187 Å². The van der Waals surface area contributed by atoms with Crippen LogP contribution in [0, 0.1) is 6.92 Å². The summed E-state index contributed by atoms with van der Waals surface area (Å²) in [5, 5.41) is 8.79. The summed E-state index contributed by atoms with van der Waals surface area (Å²) in [5.41, 5.74) is 3.42. The number of hydrogen-bond acceptors (Lipinski definition) is 4. The SMILES string of the molecule is Cc1c(/C=C\COC(=O)N(Cc2ccccc2)c2ccccc2)cccc1OCC(=O)O. The molecule has 32 heavy (non-hydrogen) atoms. The Morgan fingerprint density at radius 2 is 1.62 bits per heavy atom. The molecule has 164 valence electrons. The van der Waals surface area contributed by atoms with E-state index in [0.717, 1.165) is 22.4 Å². The molecule has 0 radical (unpaired) electrons. The van der Waals surface area contributed by atoms with Gasteiger partial charge in [-0.2, -0.15) is 0 Å². The van der Waals surface area contributed by atoms with Crippen LogP contribution in [0.3, 0.4) is 0 Å². The topological polar surface area (TPSA) is 76.1 Å². The Hall–Kier alpha value is -4.06. The number of benzene rings is 3. The Morgan fingerprint density at radius 1 is 0.938 bits per heavy atom. The standard InChI is InChI=1S/C26H25NO5/c1-20-22(12-8-16-24(20)32-19-25(28)29)13-9-17-31-26(30)27(23-14-6-3-7-15-23)18-21-10-4-2-5-11-21/h2-16H,17-19H2,1H3,(H,28,29)/b13-9-. The second-order valence-electron chi connectivity index (χ2n) is 7.04. The molecular formula is C26H25NO5. The molecule has 0 heterocycles. The van der Waals surface area contributed by atoms with Gasteiger partial charge in [0.1, 0.15) is 12.4 Å². The number of carboxylic acid groups (broad SMARTS) is 1. The molecule has 0 aromatic heterocycles. The van der Waals surface area contributed by atoms with Gasteiger partial charge in [-0.15, -0.1) is 0 Å². The number of carboxylic acids is 1. The molecule has 0 aliphatic carbocycles. The van der Waals surface area contributed by atoms with Crippen molar-refractivity contribution in [2.75, 3.05) is 18.1 Å². The number of hydrogen-bond donors (Lipinski definition) is 1. The molecule has 3 aromatic carbocycles. The van der Waals surface area contributed by atoms with Crippen molar-refractivity contribution in [3.8, 4) is 5.75 Å². The highest BCUT2D eigenvalue weighted by molar-refractivity contribution is 5.87. The summed E-state index contributed by atoms with van der Waals surface area (Å²) in [6, 6.07) is 24.5. The molecule has 0 saturated carbocycles. The third-order valence-electron chi connectivity index (χ3n) is 4.75. The summed E-state index contributed by atoms with van der Waals surface area (Å²) >= 11 is 0. The molecule has 0 unspecified atom stereocenters. The van der Waals surface area contributed by atoms with E-state index >= 15 is 0 Å². The van der Waals surface area contributed by atoms with Crippen molar-refractivity contribution in [1.29, 1.82) is 0 Å². The first-order chi connectivity index (χ1) is 15.5. The highest BCUT2D eigenvalue weighted by Crippen LogP contribution is 2.22. The van der Waals surface area contributed by atoms with E-state index in [2.05, 4.69) is 0 Å². The number of amides is 1. The zero-order valence-electron chi connectivity index (χ0n) is 17.8. The zero-order chi connectivity index (χ0) is 22.8. The van der Waals surface area contributed by atoms with Gasteiger partial charge in [0.15, 0.2) is 6.61 Å². The third-order valence-corrected chi connectivity index (χ3v) is 4.75. The number of anilines is 1. The second-order valence-corrected chi connectivity index (χ2v) is 7.04. The van der Waals surface area contributed by atoms with Gasteiger partial charge in [0.25, 0.3) is 0 Å². The Morgan fingerprint density at radius 3 is 2.31 bits per heavy atom. The average Bonchev–Trinajstić information content (AvgIpc) is 2.81. The van der Waals surface area contributed by atoms with Crippen LogP contribution >= 0.6 is 0 Å². The minimum absolute atomic E-state index is 0.0939. The van der Waals surface area contributed by atoms with Crippen LogP contribution in [0.15, 0.2) is 84.9 Å². The van der Waals surface area contributed by atoms with Gasteiger partial charge in [-0.3, -0.25) is 4.90 Å². The fourth-order valence-corrected chi connectivity index (χ4v) is 3.12. The summed E-state index contributed by atoms with van der Waals surface area (Å²) < 4.78 is 10.8. The van der Waals surface area contributed by atoms with Gasteiger partial charge in [0.05, 0.1) is 6.54 Å². The molecule has 0 fully saturated rings. The molecule has 6 nitrogen and oxygen atoms in total. The first kappa shape index (κ1) is 22.6. The molecule has 6 heteroatoms. The number of ether oxygens (including phenoxy) is 2. The maximum absolute atomic E-state index is 12.8. The summed E-state index contributed by atoms with van der Waals surface area (Å²) in [6.45, 7) is 1.94. The lowest BCUT2D eigenvalue weighted by molar-refractivity contribution is -0.139. The van der Waals surface area contributed by atoms with Crippen molar-refractivity contribution < 1.29 is 24.2 Å². The highest BCUT2D eigenvalue weighted by atomic mass is 16.6. The molecule has 1 amide bonds. The summed E-state index contributed by atoms with van der Waals surface area (Å²) in [4.78, 5) is 25.1. The quantitative estimate of drug-likeness (QED) is 0.497. The summed E-state index contributed by atoms with van der Waals surface area (Å²) in [5.74, 6) is -0.527. The number of aliphatic carboxylic acids is 1. The first-order valence-electron chi connectivity index (χ1n) is 10.2. The molecule has 0 aliphatic heterocycles. The molecule has 0 saturated heterocycles. The molecule has 0 aliphatic rings. The maximum Gasteiger partial charge on any atom is 0.414 e. The van der Waals surface area contributed by atoms with E-state index in [-0.39, 0.29) is 6.61 Å². The van der Waals surface area contributed by atoms with Crippen LogP contribution in [0.1, 0.15) is 16.7 Å². The van der Waals surface area contributed by atoms with Gasteiger partial charge in [0, 0.05) is 5.69 Å². The monoisotopic (exact) mass is 431 g/mol. The van der Waals surface area contributed by atoms with Crippen molar-refractivity contribution in [2.24, 2.45) is 0 Å². The largest absolute Gasteiger partial charge is 0.482 e. The predicted molar refractivity (Wildman–Crippen MR) is 124 cm³/mol. The number of nitrogens with zero attached hydrogens (tertiary/aromatic N) is 1. The molecule has 1 N–H and O–H groups in total. The van der Waals surface area contributed by atoms with Crippen LogP contribution in [0.5, 0.6) is 5.75 Å². The van der Waals surface area contributed by atoms with Gasteiger partial charge in [-0.1, -0.05) is 66.7 Å². The maximum atomic E-state index is 12.8. The van der Waals surface area contributed by atoms with Crippen LogP contribution in [0.2, 0.25) is 0 Å². The first-order valence-corrected chi connectivity index (χ1v) is 10.2. The van der Waals surface area contributed by atoms with Crippen molar-refractivity contribution >= 4 is 23.8 Å². The van der Waals surface area contributed by atoms with E-state index in [1.165, 1.54) is 0 Å². The summed E-state index contributed by atoms with van der Waals surface area (Å²) in [6.07, 6.45) is 3.12. The van der Waals surface area contributed by atoms with E-state index in [0.29, 0.717) is 12.3 Å². The fraction of sp³-hybridized carbons (Fsp3) is 0.154. The lowest BCUT2D eigenvalue weighted by Gasteiger charge is -2.22. The Balaban J connectivity index is 1.64. The van der Waals surface area contributed by atoms with Gasteiger partial charge >= 0.3 is 12.1 Å². The molecular weight excluding hydrogens is 406 g/mol. The Kier molecular flexibility index (Phi) is 8.03. The summed E-state index contributed by atoms with van der Waals surface area (Å²) in [7, 11) is 0. The van der Waals surface area contributed by atoms with Gasteiger partial charge in [-0.25, -0.2) is 9.59 Å². The molecule has 0 spiro atoms. The number of carbonyl (C=O) groups is 2. The van der Waals surface area contributed by atoms with Crippen molar-refractivity contribution in [3.63, 3.8) is 0 Å². The van der Waals surface area contributed by atoms with E-state index in [1.54, 1.807) is 23.1 Å². The minimum atomic E-state index is -1.03. The van der Waals surface area contributed by atoms with Gasteiger partial charge in [0.2, 0.25) is 0 Å². The van der Waals surface area contributed by atoms with Crippen LogP contribution in [-0.4, -0.2) is 30.4 Å². The Bertz CT molecular complexity index is 1060. The van der Waals surface area contributed by atoms with Crippen molar-refractivity contribution in [3.05, 3.63) is 102 Å². The molecule has 3 aromatic rings. The lowest BCUT2D eigenvalue weighted by Crippen LogP contribution is -2.31. The van der Waals surface area contributed by atoms with Crippen molar-refractivity contribution in [1.82, 2.24) is 0 Å². The average molecular weight is 431 g/mol. The van der Waals surface area contributed by atoms with Crippen LogP contribution in [0.4, 0.5) is 10.5 Å². The predicted octanol–water partition coefficient (Wildman–Crippen LogP) is 5.32. The number of carbonyl (C=O) groups excluding carboxylic acids is 1.